The molecule has 6 rings (SSSR count). The van der Waals surface area contributed by atoms with Crippen molar-refractivity contribution in [1.82, 2.24) is 0 Å². The van der Waals surface area contributed by atoms with Crippen LogP contribution >= 0.6 is 0 Å². The number of ether oxygens (including phenoxy) is 2. The summed E-state index contributed by atoms with van der Waals surface area (Å²) in [7, 11) is 0. The molecule has 0 radical (unpaired) electrons. The first-order chi connectivity index (χ1) is 21.2. The average Bonchev–Trinajstić information content (AvgIpc) is 2.96. The predicted octanol–water partition coefficient (Wildman–Crippen LogP) is 2.43. The Bertz CT molecular complexity index is 1250. The minimum atomic E-state index is -1.66. The van der Waals surface area contributed by atoms with Crippen molar-refractivity contribution in [2.45, 2.75) is 149 Å². The first-order valence-electron chi connectivity index (χ1n) is 17.5. The standard InChI is InChI=1S/C36H58O10/c1-31(2)10-12-36(30(44)46-29-26(42)25(41)24(40)22(17-37)45-29)13-11-34(6)18(19(36)14-31)8-9-23-33(5)15-21(39)28(43)32(3,4)27(33)20(38)16-35(23,34)7/h8,19-29,37-43H,9-17H2,1-7H3/t19-,20+,21+,22+,23+,24+,25-,26+,27-,28-,29-,33+,34+,35+,36-/m0/s1. The molecule has 262 valence electrons. The van der Waals surface area contributed by atoms with E-state index in [1.807, 2.05) is 13.8 Å². The van der Waals surface area contributed by atoms with Gasteiger partial charge in [0, 0.05) is 0 Å². The summed E-state index contributed by atoms with van der Waals surface area (Å²) in [5.41, 5.74) is -1.46. The normalized spacial score (nSPS) is 54.3. The molecule has 5 fully saturated rings. The molecular weight excluding hydrogens is 592 g/mol. The maximum Gasteiger partial charge on any atom is 0.315 e. The van der Waals surface area contributed by atoms with Gasteiger partial charge < -0.3 is 45.2 Å². The van der Waals surface area contributed by atoms with Crippen LogP contribution in [0.3, 0.4) is 0 Å². The first-order valence-corrected chi connectivity index (χ1v) is 17.5. The second-order valence-electron chi connectivity index (χ2n) is 18.2. The van der Waals surface area contributed by atoms with Crippen molar-refractivity contribution < 1.29 is 50.0 Å². The van der Waals surface area contributed by atoms with E-state index in [0.717, 1.165) is 19.3 Å². The Morgan fingerprint density at radius 3 is 2.15 bits per heavy atom. The zero-order valence-electron chi connectivity index (χ0n) is 28.6. The highest BCUT2D eigenvalue weighted by atomic mass is 16.7. The smallest absolute Gasteiger partial charge is 0.315 e. The van der Waals surface area contributed by atoms with E-state index in [9.17, 15) is 40.5 Å². The van der Waals surface area contributed by atoms with Crippen LogP contribution < -0.4 is 0 Å². The SMILES string of the molecule is CC1(C)CC[C@]2(C(=O)O[C@@H]3O[C@H](CO)[C@@H](O)[C@H](O)[C@H]3O)CC[C@]3(C)C(=CC[C@@H]4[C@@]5(C)C[C@@H](O)[C@H](O)C(C)(C)[C@@H]5[C@H](O)C[C@]43C)[C@@H]2C1. The Hall–Kier alpha value is -1.11. The Labute approximate surface area is 273 Å². The molecule has 1 heterocycles. The second-order valence-corrected chi connectivity index (χ2v) is 18.2. The van der Waals surface area contributed by atoms with E-state index < -0.39 is 77.8 Å². The van der Waals surface area contributed by atoms with E-state index >= 15 is 0 Å². The van der Waals surface area contributed by atoms with Crippen LogP contribution in [0.15, 0.2) is 11.6 Å². The minimum absolute atomic E-state index is 0.0365. The second kappa shape index (κ2) is 10.9. The van der Waals surface area contributed by atoms with Gasteiger partial charge >= 0.3 is 5.97 Å². The molecule has 7 N–H and O–H groups in total. The van der Waals surface area contributed by atoms with Crippen molar-refractivity contribution in [2.24, 2.45) is 50.2 Å². The largest absolute Gasteiger partial charge is 0.432 e. The van der Waals surface area contributed by atoms with Crippen molar-refractivity contribution in [1.29, 1.82) is 0 Å². The van der Waals surface area contributed by atoms with E-state index in [4.69, 9.17) is 9.47 Å². The molecule has 0 aromatic heterocycles. The van der Waals surface area contributed by atoms with Gasteiger partial charge in [-0.3, -0.25) is 4.79 Å². The number of carbonyl (C=O) groups excluding carboxylic acids is 1. The maximum atomic E-state index is 14.4. The lowest BCUT2D eigenvalue weighted by Crippen LogP contribution is -2.70. The van der Waals surface area contributed by atoms with Gasteiger partial charge in [-0.25, -0.2) is 0 Å². The molecule has 10 heteroatoms. The molecule has 4 saturated carbocycles. The van der Waals surface area contributed by atoms with E-state index in [2.05, 4.69) is 40.7 Å². The Morgan fingerprint density at radius 1 is 0.848 bits per heavy atom. The Balaban J connectivity index is 1.38. The predicted molar refractivity (Wildman–Crippen MR) is 168 cm³/mol. The van der Waals surface area contributed by atoms with Gasteiger partial charge in [-0.15, -0.1) is 0 Å². The molecule has 0 aromatic rings. The van der Waals surface area contributed by atoms with Gasteiger partial charge in [-0.2, -0.15) is 0 Å². The summed E-state index contributed by atoms with van der Waals surface area (Å²) in [6.07, 6.45) is -2.51. The minimum Gasteiger partial charge on any atom is -0.432 e. The van der Waals surface area contributed by atoms with Gasteiger partial charge in [0.05, 0.1) is 30.3 Å². The summed E-state index contributed by atoms with van der Waals surface area (Å²) in [6.45, 7) is 14.6. The number of rotatable bonds is 3. The lowest BCUT2D eigenvalue weighted by molar-refractivity contribution is -0.298. The van der Waals surface area contributed by atoms with Crippen LogP contribution in [0.4, 0.5) is 0 Å². The van der Waals surface area contributed by atoms with E-state index in [1.54, 1.807) is 0 Å². The van der Waals surface area contributed by atoms with Crippen molar-refractivity contribution in [2.75, 3.05) is 6.61 Å². The van der Waals surface area contributed by atoms with Gasteiger partial charge in [0.2, 0.25) is 6.29 Å². The van der Waals surface area contributed by atoms with Crippen LogP contribution in [0, 0.1) is 50.2 Å². The number of aliphatic hydroxyl groups is 7. The Morgan fingerprint density at radius 2 is 1.50 bits per heavy atom. The van der Waals surface area contributed by atoms with Crippen LogP contribution in [0.2, 0.25) is 0 Å². The third kappa shape index (κ3) is 4.60. The third-order valence-electron chi connectivity index (χ3n) is 14.9. The molecule has 0 unspecified atom stereocenters. The molecule has 0 amide bonds. The van der Waals surface area contributed by atoms with E-state index in [0.29, 0.717) is 32.1 Å². The van der Waals surface area contributed by atoms with Gasteiger partial charge in [0.1, 0.15) is 24.4 Å². The molecule has 1 saturated heterocycles. The van der Waals surface area contributed by atoms with Crippen LogP contribution in [0.1, 0.15) is 99.8 Å². The summed E-state index contributed by atoms with van der Waals surface area (Å²) in [6, 6.07) is 0. The van der Waals surface area contributed by atoms with E-state index in [-0.39, 0.29) is 34.0 Å². The van der Waals surface area contributed by atoms with Crippen LogP contribution in [-0.2, 0) is 14.3 Å². The summed E-state index contributed by atoms with van der Waals surface area (Å²) >= 11 is 0. The fourth-order valence-corrected chi connectivity index (χ4v) is 12.3. The van der Waals surface area contributed by atoms with Gasteiger partial charge in [0.25, 0.3) is 0 Å². The quantitative estimate of drug-likeness (QED) is 0.177. The van der Waals surface area contributed by atoms with Crippen LogP contribution in [-0.4, -0.2) is 97.3 Å². The number of aliphatic hydroxyl groups excluding tert-OH is 7. The number of esters is 1. The number of fused-ring (bicyclic) bond motifs is 7. The average molecular weight is 651 g/mol. The van der Waals surface area contributed by atoms with Crippen LogP contribution in [0.5, 0.6) is 0 Å². The highest BCUT2D eigenvalue weighted by Gasteiger charge is 2.72. The number of hydrogen-bond donors (Lipinski definition) is 7. The van der Waals surface area contributed by atoms with Crippen molar-refractivity contribution in [3.8, 4) is 0 Å². The molecule has 15 atom stereocenters. The maximum absolute atomic E-state index is 14.4. The van der Waals surface area contributed by atoms with Gasteiger partial charge in [0.15, 0.2) is 0 Å². The molecule has 10 nitrogen and oxygen atoms in total. The van der Waals surface area contributed by atoms with Crippen molar-refractivity contribution in [3.63, 3.8) is 0 Å². The molecule has 5 aliphatic carbocycles. The number of carbonyl (C=O) groups is 1. The van der Waals surface area contributed by atoms with Crippen LogP contribution in [0.25, 0.3) is 0 Å². The number of hydrogen-bond acceptors (Lipinski definition) is 10. The monoisotopic (exact) mass is 650 g/mol. The lowest BCUT2D eigenvalue weighted by atomic mass is 9.33. The van der Waals surface area contributed by atoms with E-state index in [1.165, 1.54) is 5.57 Å². The van der Waals surface area contributed by atoms with Gasteiger partial charge in [-0.1, -0.05) is 60.1 Å². The molecular formula is C36H58O10. The number of allylic oxidation sites excluding steroid dienone is 2. The summed E-state index contributed by atoms with van der Waals surface area (Å²) in [4.78, 5) is 14.4. The van der Waals surface area contributed by atoms with Crippen molar-refractivity contribution in [3.05, 3.63) is 11.6 Å². The Kier molecular flexibility index (Phi) is 8.27. The molecule has 1 aliphatic heterocycles. The summed E-state index contributed by atoms with van der Waals surface area (Å²) < 4.78 is 11.5. The molecule has 0 aromatic carbocycles. The summed E-state index contributed by atoms with van der Waals surface area (Å²) in [5.74, 6) is -0.675. The lowest BCUT2D eigenvalue weighted by Gasteiger charge is -2.72. The highest BCUT2D eigenvalue weighted by molar-refractivity contribution is 5.79. The molecule has 6 aliphatic rings. The topological polar surface area (TPSA) is 177 Å². The highest BCUT2D eigenvalue weighted by Crippen LogP contribution is 2.75. The first kappa shape index (κ1) is 34.7. The molecule has 0 spiro atoms. The fourth-order valence-electron chi connectivity index (χ4n) is 12.3. The fraction of sp³-hybridized carbons (Fsp3) is 0.917. The third-order valence-corrected chi connectivity index (χ3v) is 14.9. The zero-order chi connectivity index (χ0) is 34.0. The van der Waals surface area contributed by atoms with Crippen molar-refractivity contribution >= 4 is 5.97 Å². The summed E-state index contributed by atoms with van der Waals surface area (Å²) in [5, 5.41) is 75.1. The molecule has 0 bridgehead atoms. The zero-order valence-corrected chi connectivity index (χ0v) is 28.6. The van der Waals surface area contributed by atoms with Gasteiger partial charge in [-0.05, 0) is 96.2 Å². The molecule has 46 heavy (non-hydrogen) atoms.